The maximum Gasteiger partial charge on any atom is 0.329 e. The van der Waals surface area contributed by atoms with Crippen molar-refractivity contribution in [3.05, 3.63) is 20.8 Å². The predicted molar refractivity (Wildman–Crippen MR) is 128 cm³/mol. The predicted octanol–water partition coefficient (Wildman–Crippen LogP) is 5.63. The summed E-state index contributed by atoms with van der Waals surface area (Å²) in [6.07, 6.45) is 16.4. The first-order valence-electron chi connectivity index (χ1n) is 11.9. The Morgan fingerprint density at radius 1 is 0.833 bits per heavy atom. The molecule has 6 nitrogen and oxygen atoms in total. The van der Waals surface area contributed by atoms with E-state index in [4.69, 9.17) is 0 Å². The van der Waals surface area contributed by atoms with E-state index in [-0.39, 0.29) is 5.56 Å². The zero-order valence-electron chi connectivity index (χ0n) is 19.2. The van der Waals surface area contributed by atoms with E-state index in [0.717, 1.165) is 36.7 Å². The van der Waals surface area contributed by atoms with Gasteiger partial charge in [0.25, 0.3) is 5.56 Å². The number of aromatic amines is 1. The molecule has 170 valence electrons. The van der Waals surface area contributed by atoms with Crippen molar-refractivity contribution in [1.29, 1.82) is 0 Å². The van der Waals surface area contributed by atoms with Crippen LogP contribution in [0.1, 0.15) is 97.3 Å². The molecule has 0 spiro atoms. The van der Waals surface area contributed by atoms with Crippen molar-refractivity contribution in [3.63, 3.8) is 0 Å². The van der Waals surface area contributed by atoms with Crippen LogP contribution in [-0.4, -0.2) is 24.9 Å². The molecule has 7 heteroatoms. The van der Waals surface area contributed by atoms with Crippen molar-refractivity contribution in [1.82, 2.24) is 19.1 Å². The largest absolute Gasteiger partial charge is 0.329 e. The molecule has 2 aromatic heterocycles. The van der Waals surface area contributed by atoms with Gasteiger partial charge >= 0.3 is 5.69 Å². The zero-order valence-corrected chi connectivity index (χ0v) is 20.0. The quantitative estimate of drug-likeness (QED) is 0.273. The van der Waals surface area contributed by atoms with Gasteiger partial charge in [0.15, 0.2) is 16.3 Å². The summed E-state index contributed by atoms with van der Waals surface area (Å²) in [6.45, 7) is 5.23. The third-order valence-corrected chi connectivity index (χ3v) is 6.75. The van der Waals surface area contributed by atoms with Gasteiger partial charge in [0, 0.05) is 19.3 Å². The Hall–Kier alpha value is -1.50. The van der Waals surface area contributed by atoms with E-state index in [1.807, 2.05) is 4.57 Å². The lowest BCUT2D eigenvalue weighted by molar-refractivity contribution is 0.527. The summed E-state index contributed by atoms with van der Waals surface area (Å²) < 4.78 is 3.48. The van der Waals surface area contributed by atoms with Crippen molar-refractivity contribution < 1.29 is 0 Å². The summed E-state index contributed by atoms with van der Waals surface area (Å²) in [5, 5.41) is 0.865. The normalized spacial score (nSPS) is 11.6. The summed E-state index contributed by atoms with van der Waals surface area (Å²) in [6, 6.07) is 0. The van der Waals surface area contributed by atoms with Crippen LogP contribution in [0.5, 0.6) is 0 Å². The number of nitrogens with one attached hydrogen (secondary N) is 1. The van der Waals surface area contributed by atoms with Gasteiger partial charge in [0.05, 0.1) is 0 Å². The van der Waals surface area contributed by atoms with Crippen LogP contribution in [0.4, 0.5) is 0 Å². The van der Waals surface area contributed by atoms with Crippen LogP contribution in [0, 0.1) is 0 Å². The molecule has 0 amide bonds. The highest BCUT2D eigenvalue weighted by Gasteiger charge is 2.17. The Balaban J connectivity index is 1.94. The minimum absolute atomic E-state index is 0.326. The Kier molecular flexibility index (Phi) is 11.3. The first kappa shape index (κ1) is 24.8. The summed E-state index contributed by atoms with van der Waals surface area (Å²) in [4.78, 5) is 31.6. The van der Waals surface area contributed by atoms with Gasteiger partial charge in [-0.1, -0.05) is 96.2 Å². The number of fused-ring (bicyclic) bond motifs is 1. The Labute approximate surface area is 184 Å². The third-order valence-electron chi connectivity index (χ3n) is 5.69. The fourth-order valence-corrected chi connectivity index (χ4v) is 4.83. The van der Waals surface area contributed by atoms with E-state index in [9.17, 15) is 9.59 Å². The summed E-state index contributed by atoms with van der Waals surface area (Å²) in [7, 11) is 1.67. The molecule has 0 saturated heterocycles. The molecule has 0 aliphatic carbocycles. The van der Waals surface area contributed by atoms with Crippen molar-refractivity contribution in [2.24, 2.45) is 7.05 Å². The van der Waals surface area contributed by atoms with Crippen LogP contribution in [0.2, 0.25) is 0 Å². The molecule has 2 heterocycles. The van der Waals surface area contributed by atoms with E-state index in [1.165, 1.54) is 68.8 Å². The SMILES string of the molecule is CCCCCCCCCCCCn1c(SCCCCC)nc2c1c(=O)[nH]c(=O)n2C. The molecule has 0 aliphatic heterocycles. The van der Waals surface area contributed by atoms with Crippen LogP contribution < -0.4 is 11.2 Å². The molecule has 0 unspecified atom stereocenters. The second kappa shape index (κ2) is 13.7. The van der Waals surface area contributed by atoms with Gasteiger partial charge in [0.2, 0.25) is 0 Å². The molecule has 0 aliphatic rings. The highest BCUT2D eigenvalue weighted by Crippen LogP contribution is 2.23. The van der Waals surface area contributed by atoms with Gasteiger partial charge in [-0.05, 0) is 12.8 Å². The van der Waals surface area contributed by atoms with Gasteiger partial charge < -0.3 is 4.57 Å². The Morgan fingerprint density at radius 3 is 2.03 bits per heavy atom. The molecule has 2 aromatic rings. The van der Waals surface area contributed by atoms with Crippen LogP contribution >= 0.6 is 11.8 Å². The highest BCUT2D eigenvalue weighted by molar-refractivity contribution is 7.99. The molecule has 0 bridgehead atoms. The maximum absolute atomic E-state index is 12.5. The van der Waals surface area contributed by atoms with Crippen LogP contribution in [0.15, 0.2) is 14.7 Å². The number of aryl methyl sites for hydroxylation is 2. The van der Waals surface area contributed by atoms with Gasteiger partial charge in [-0.3, -0.25) is 14.3 Å². The third kappa shape index (κ3) is 7.33. The number of imidazole rings is 1. The smallest absolute Gasteiger partial charge is 0.313 e. The average molecular weight is 437 g/mol. The lowest BCUT2D eigenvalue weighted by Crippen LogP contribution is -2.29. The number of thioether (sulfide) groups is 1. The minimum Gasteiger partial charge on any atom is -0.313 e. The Bertz CT molecular complexity index is 868. The molecule has 0 aromatic carbocycles. The summed E-state index contributed by atoms with van der Waals surface area (Å²) >= 11 is 1.70. The van der Waals surface area contributed by atoms with E-state index in [0.29, 0.717) is 11.2 Å². The van der Waals surface area contributed by atoms with Gasteiger partial charge in [-0.2, -0.15) is 0 Å². The number of H-pyrrole nitrogens is 1. The molecule has 30 heavy (non-hydrogen) atoms. The topological polar surface area (TPSA) is 72.7 Å². The zero-order chi connectivity index (χ0) is 21.8. The molecule has 0 saturated carbocycles. The fraction of sp³-hybridized carbons (Fsp3) is 0.783. The minimum atomic E-state index is -0.404. The molecule has 0 atom stereocenters. The Morgan fingerprint density at radius 2 is 1.40 bits per heavy atom. The molecular formula is C23H40N4O2S. The second-order valence-corrected chi connectivity index (χ2v) is 9.34. The number of nitrogens with zero attached hydrogens (tertiary/aromatic N) is 3. The van der Waals surface area contributed by atoms with E-state index < -0.39 is 5.69 Å². The fourth-order valence-electron chi connectivity index (χ4n) is 3.81. The molecule has 0 radical (unpaired) electrons. The van der Waals surface area contributed by atoms with Gasteiger partial charge in [-0.15, -0.1) is 0 Å². The highest BCUT2D eigenvalue weighted by atomic mass is 32.2. The van der Waals surface area contributed by atoms with Crippen molar-refractivity contribution in [2.45, 2.75) is 109 Å². The van der Waals surface area contributed by atoms with E-state index >= 15 is 0 Å². The number of hydrogen-bond donors (Lipinski definition) is 1. The summed E-state index contributed by atoms with van der Waals surface area (Å²) in [5.41, 5.74) is 0.298. The average Bonchev–Trinajstić information content (AvgIpc) is 3.10. The van der Waals surface area contributed by atoms with Gasteiger partial charge in [0.1, 0.15) is 0 Å². The van der Waals surface area contributed by atoms with Crippen LogP contribution in [0.25, 0.3) is 11.2 Å². The van der Waals surface area contributed by atoms with E-state index in [1.54, 1.807) is 18.8 Å². The monoisotopic (exact) mass is 436 g/mol. The molecule has 0 fully saturated rings. The van der Waals surface area contributed by atoms with Crippen LogP contribution in [-0.2, 0) is 13.6 Å². The van der Waals surface area contributed by atoms with E-state index in [2.05, 4.69) is 23.8 Å². The lowest BCUT2D eigenvalue weighted by Gasteiger charge is -2.08. The van der Waals surface area contributed by atoms with Crippen molar-refractivity contribution >= 4 is 22.9 Å². The van der Waals surface area contributed by atoms with Crippen LogP contribution in [0.3, 0.4) is 0 Å². The molecule has 2 rings (SSSR count). The lowest BCUT2D eigenvalue weighted by atomic mass is 10.1. The second-order valence-electron chi connectivity index (χ2n) is 8.27. The van der Waals surface area contributed by atoms with Gasteiger partial charge in [-0.25, -0.2) is 9.78 Å². The first-order valence-corrected chi connectivity index (χ1v) is 12.9. The van der Waals surface area contributed by atoms with Crippen molar-refractivity contribution in [2.75, 3.05) is 5.75 Å². The number of rotatable bonds is 16. The van der Waals surface area contributed by atoms with Crippen molar-refractivity contribution in [3.8, 4) is 0 Å². The number of aromatic nitrogens is 4. The summed E-state index contributed by atoms with van der Waals surface area (Å²) in [5.74, 6) is 0.987. The standard InChI is InChI=1S/C23H40N4O2S/c1-4-6-8-9-10-11-12-13-14-15-17-27-19-20(26(3)22(29)25-21(19)28)24-23(27)30-18-16-7-5-2/h4-18H2,1-3H3,(H,25,28,29). The first-order chi connectivity index (χ1) is 14.6. The maximum atomic E-state index is 12.5. The number of unbranched alkanes of at least 4 members (excludes halogenated alkanes) is 11. The molecule has 1 N–H and O–H groups in total. The number of hydrogen-bond acceptors (Lipinski definition) is 4. The molecular weight excluding hydrogens is 396 g/mol.